The summed E-state index contributed by atoms with van der Waals surface area (Å²) < 4.78 is 0. The van der Waals surface area contributed by atoms with Crippen molar-refractivity contribution in [1.29, 1.82) is 5.26 Å². The molecule has 0 bridgehead atoms. The maximum absolute atomic E-state index is 12.7. The molecule has 166 valence electrons. The molecule has 0 radical (unpaired) electrons. The molecule has 0 saturated carbocycles. The Labute approximate surface area is 200 Å². The van der Waals surface area contributed by atoms with Gasteiger partial charge < -0.3 is 10.2 Å². The molecule has 1 amide bonds. The second kappa shape index (κ2) is 10.8. The van der Waals surface area contributed by atoms with Crippen LogP contribution in [0, 0.1) is 11.3 Å². The van der Waals surface area contributed by atoms with Crippen molar-refractivity contribution in [2.45, 2.75) is 13.0 Å². The Morgan fingerprint density at radius 2 is 1.24 bits per heavy atom. The molecule has 4 aromatic rings. The maximum Gasteiger partial charge on any atom is 0.262 e. The van der Waals surface area contributed by atoms with Crippen molar-refractivity contribution < 1.29 is 4.79 Å². The first-order valence-electron chi connectivity index (χ1n) is 11.1. The summed E-state index contributed by atoms with van der Waals surface area (Å²) >= 11 is 0. The Morgan fingerprint density at radius 1 is 0.765 bits per heavy atom. The van der Waals surface area contributed by atoms with Crippen LogP contribution >= 0.6 is 0 Å². The largest absolute Gasteiger partial charge is 0.345 e. The summed E-state index contributed by atoms with van der Waals surface area (Å²) in [6, 6.07) is 39.6. The molecular weight excluding hydrogens is 418 g/mol. The Morgan fingerprint density at radius 3 is 1.74 bits per heavy atom. The first-order valence-corrected chi connectivity index (χ1v) is 11.1. The molecule has 4 rings (SSSR count). The van der Waals surface area contributed by atoms with Crippen molar-refractivity contribution in [3.63, 3.8) is 0 Å². The van der Waals surface area contributed by atoms with E-state index in [0.717, 1.165) is 28.2 Å². The van der Waals surface area contributed by atoms with Crippen LogP contribution in [-0.4, -0.2) is 5.91 Å². The number of carbonyl (C=O) groups excluding carboxylic acids is 1. The van der Waals surface area contributed by atoms with Gasteiger partial charge in [0.15, 0.2) is 0 Å². The lowest BCUT2D eigenvalue weighted by atomic mass is 10.1. The van der Waals surface area contributed by atoms with Crippen LogP contribution in [0.4, 0.5) is 17.1 Å². The van der Waals surface area contributed by atoms with Gasteiger partial charge in [-0.2, -0.15) is 5.26 Å². The summed E-state index contributed by atoms with van der Waals surface area (Å²) in [5.41, 5.74) is 4.91. The van der Waals surface area contributed by atoms with Crippen LogP contribution in [-0.2, 0) is 4.79 Å². The van der Waals surface area contributed by atoms with Crippen LogP contribution < -0.4 is 10.2 Å². The molecule has 0 unspecified atom stereocenters. The quantitative estimate of drug-likeness (QED) is 0.249. The van der Waals surface area contributed by atoms with Crippen LogP contribution in [0.5, 0.6) is 0 Å². The van der Waals surface area contributed by atoms with Crippen molar-refractivity contribution in [3.05, 3.63) is 132 Å². The SMILES string of the molecule is C[C@H](NC(=O)/C(C#N)=C\c1ccc(N(c2ccccc2)c2ccccc2)cc1)c1ccccc1. The molecule has 0 fully saturated rings. The van der Waals surface area contributed by atoms with E-state index < -0.39 is 5.91 Å². The third kappa shape index (κ3) is 5.40. The van der Waals surface area contributed by atoms with E-state index in [-0.39, 0.29) is 11.6 Å². The van der Waals surface area contributed by atoms with Gasteiger partial charge in [0.1, 0.15) is 11.6 Å². The van der Waals surface area contributed by atoms with Crippen LogP contribution in [0.2, 0.25) is 0 Å². The zero-order chi connectivity index (χ0) is 23.8. The van der Waals surface area contributed by atoms with Crippen LogP contribution in [0.1, 0.15) is 24.1 Å². The second-order valence-electron chi connectivity index (χ2n) is 7.87. The second-order valence-corrected chi connectivity index (χ2v) is 7.87. The number of benzene rings is 4. The molecule has 1 N–H and O–H groups in total. The molecule has 4 heteroatoms. The molecular formula is C30H25N3O. The highest BCUT2D eigenvalue weighted by atomic mass is 16.1. The van der Waals surface area contributed by atoms with Crippen molar-refractivity contribution in [2.75, 3.05) is 4.90 Å². The predicted molar refractivity (Wildman–Crippen MR) is 138 cm³/mol. The standard InChI is InChI=1S/C30H25N3O/c1-23(25-11-5-2-6-12-25)32-30(34)26(22-31)21-24-17-19-29(20-18-24)33(27-13-7-3-8-14-27)28-15-9-4-10-16-28/h2-21,23H,1H3,(H,32,34)/b26-21-/t23-/m0/s1. The van der Waals surface area contributed by atoms with E-state index in [1.807, 2.05) is 104 Å². The lowest BCUT2D eigenvalue weighted by Gasteiger charge is -2.25. The number of nitriles is 1. The smallest absolute Gasteiger partial charge is 0.262 e. The van der Waals surface area contributed by atoms with E-state index in [2.05, 4.69) is 34.5 Å². The fourth-order valence-corrected chi connectivity index (χ4v) is 3.74. The van der Waals surface area contributed by atoms with Crippen molar-refractivity contribution in [2.24, 2.45) is 0 Å². The van der Waals surface area contributed by atoms with E-state index in [1.165, 1.54) is 0 Å². The van der Waals surface area contributed by atoms with Gasteiger partial charge in [-0.05, 0) is 60.5 Å². The summed E-state index contributed by atoms with van der Waals surface area (Å²) in [4.78, 5) is 14.9. The van der Waals surface area contributed by atoms with Gasteiger partial charge in [0, 0.05) is 17.1 Å². The molecule has 0 heterocycles. The number of nitrogens with zero attached hydrogens (tertiary/aromatic N) is 2. The summed E-state index contributed by atoms with van der Waals surface area (Å²) in [5, 5.41) is 12.5. The highest BCUT2D eigenvalue weighted by Crippen LogP contribution is 2.34. The van der Waals surface area contributed by atoms with Gasteiger partial charge >= 0.3 is 0 Å². The third-order valence-corrected chi connectivity index (χ3v) is 5.50. The molecule has 0 saturated heterocycles. The van der Waals surface area contributed by atoms with Crippen molar-refractivity contribution in [3.8, 4) is 6.07 Å². The minimum Gasteiger partial charge on any atom is -0.345 e. The summed E-state index contributed by atoms with van der Waals surface area (Å²) in [5.74, 6) is -0.391. The molecule has 4 nitrogen and oxygen atoms in total. The topological polar surface area (TPSA) is 56.1 Å². The van der Waals surface area contributed by atoms with E-state index >= 15 is 0 Å². The van der Waals surface area contributed by atoms with Gasteiger partial charge in [-0.1, -0.05) is 78.9 Å². The van der Waals surface area contributed by atoms with E-state index in [4.69, 9.17) is 0 Å². The predicted octanol–water partition coefficient (Wildman–Crippen LogP) is 6.94. The summed E-state index contributed by atoms with van der Waals surface area (Å²) in [6.45, 7) is 1.90. The molecule has 0 spiro atoms. The van der Waals surface area contributed by atoms with Crippen LogP contribution in [0.25, 0.3) is 6.08 Å². The van der Waals surface area contributed by atoms with Gasteiger partial charge in [0.05, 0.1) is 6.04 Å². The highest BCUT2D eigenvalue weighted by molar-refractivity contribution is 6.01. The third-order valence-electron chi connectivity index (χ3n) is 5.50. The number of hydrogen-bond acceptors (Lipinski definition) is 3. The number of carbonyl (C=O) groups is 1. The van der Waals surface area contributed by atoms with Crippen molar-refractivity contribution in [1.82, 2.24) is 5.32 Å². The monoisotopic (exact) mass is 443 g/mol. The minimum atomic E-state index is -0.391. The first-order chi connectivity index (χ1) is 16.7. The van der Waals surface area contributed by atoms with Gasteiger partial charge in [-0.15, -0.1) is 0 Å². The lowest BCUT2D eigenvalue weighted by Crippen LogP contribution is -2.27. The Kier molecular flexibility index (Phi) is 7.17. The molecule has 34 heavy (non-hydrogen) atoms. The number of hydrogen-bond donors (Lipinski definition) is 1. The number of rotatable bonds is 7. The fourth-order valence-electron chi connectivity index (χ4n) is 3.74. The first kappa shape index (κ1) is 22.6. The van der Waals surface area contributed by atoms with E-state index in [1.54, 1.807) is 6.08 Å². The number of nitrogens with one attached hydrogen (secondary N) is 1. The summed E-state index contributed by atoms with van der Waals surface area (Å²) in [7, 11) is 0. The van der Waals surface area contributed by atoms with Crippen molar-refractivity contribution >= 4 is 29.0 Å². The van der Waals surface area contributed by atoms with E-state index in [9.17, 15) is 10.1 Å². The Balaban J connectivity index is 1.57. The Bertz CT molecular complexity index is 1250. The van der Waals surface area contributed by atoms with Crippen LogP contribution in [0.3, 0.4) is 0 Å². The average molecular weight is 444 g/mol. The molecule has 0 aliphatic rings. The average Bonchev–Trinajstić information content (AvgIpc) is 2.90. The summed E-state index contributed by atoms with van der Waals surface area (Å²) in [6.07, 6.45) is 1.62. The Hall–Kier alpha value is -4.62. The van der Waals surface area contributed by atoms with E-state index in [0.29, 0.717) is 0 Å². The van der Waals surface area contributed by atoms with Gasteiger partial charge in [-0.25, -0.2) is 0 Å². The van der Waals surface area contributed by atoms with Gasteiger partial charge in [-0.3, -0.25) is 4.79 Å². The normalized spacial score (nSPS) is 11.8. The maximum atomic E-state index is 12.7. The number of amides is 1. The zero-order valence-electron chi connectivity index (χ0n) is 18.9. The van der Waals surface area contributed by atoms with Gasteiger partial charge in [0.2, 0.25) is 0 Å². The highest BCUT2D eigenvalue weighted by Gasteiger charge is 2.15. The molecule has 4 aromatic carbocycles. The lowest BCUT2D eigenvalue weighted by molar-refractivity contribution is -0.117. The van der Waals surface area contributed by atoms with Crippen LogP contribution in [0.15, 0.2) is 121 Å². The molecule has 0 aliphatic heterocycles. The number of para-hydroxylation sites is 2. The zero-order valence-corrected chi connectivity index (χ0v) is 18.9. The fraction of sp³-hybridized carbons (Fsp3) is 0.0667. The number of anilines is 3. The molecule has 0 aliphatic carbocycles. The minimum absolute atomic E-state index is 0.0681. The molecule has 1 atom stereocenters. The van der Waals surface area contributed by atoms with Gasteiger partial charge in [0.25, 0.3) is 5.91 Å². The molecule has 0 aromatic heterocycles.